The average Bonchev–Trinajstić information content (AvgIpc) is 2.56. The van der Waals surface area contributed by atoms with Gasteiger partial charge < -0.3 is 10.1 Å². The summed E-state index contributed by atoms with van der Waals surface area (Å²) in [5.74, 6) is 1.56. The summed E-state index contributed by atoms with van der Waals surface area (Å²) in [6.45, 7) is 3.20. The topological polar surface area (TPSA) is 47.0 Å². The van der Waals surface area contributed by atoms with Crippen LogP contribution in [0.3, 0.4) is 0 Å². The molecule has 0 bridgehead atoms. The second kappa shape index (κ2) is 8.98. The van der Waals surface area contributed by atoms with Crippen molar-refractivity contribution in [3.8, 4) is 5.88 Å². The van der Waals surface area contributed by atoms with Crippen molar-refractivity contribution in [2.24, 2.45) is 5.92 Å². The number of aromatic nitrogens is 2. The number of nitrogens with zero attached hydrogens (tertiary/aromatic N) is 2. The molecule has 1 aromatic rings. The van der Waals surface area contributed by atoms with E-state index in [0.29, 0.717) is 5.88 Å². The van der Waals surface area contributed by atoms with Crippen molar-refractivity contribution in [3.63, 3.8) is 0 Å². The highest BCUT2D eigenvalue weighted by Crippen LogP contribution is 2.31. The van der Waals surface area contributed by atoms with Crippen molar-refractivity contribution in [3.05, 3.63) is 18.1 Å². The lowest BCUT2D eigenvalue weighted by atomic mass is 9.85. The maximum Gasteiger partial charge on any atom is 0.236 e. The smallest absolute Gasteiger partial charge is 0.236 e. The highest BCUT2D eigenvalue weighted by atomic mass is 16.5. The molecule has 1 saturated carbocycles. The summed E-state index contributed by atoms with van der Waals surface area (Å²) in [5, 5.41) is 3.62. The van der Waals surface area contributed by atoms with Gasteiger partial charge >= 0.3 is 0 Å². The first-order valence-corrected chi connectivity index (χ1v) is 8.43. The fourth-order valence-electron chi connectivity index (χ4n) is 3.26. The van der Waals surface area contributed by atoms with Gasteiger partial charge in [0, 0.05) is 12.4 Å². The van der Waals surface area contributed by atoms with Crippen molar-refractivity contribution >= 4 is 0 Å². The monoisotopic (exact) mass is 291 g/mol. The third-order valence-electron chi connectivity index (χ3n) is 4.44. The van der Waals surface area contributed by atoms with E-state index in [2.05, 4.69) is 22.2 Å². The number of nitrogens with one attached hydrogen (secondary N) is 1. The summed E-state index contributed by atoms with van der Waals surface area (Å²) in [6.07, 6.45) is 14.0. The molecule has 1 aliphatic carbocycles. The van der Waals surface area contributed by atoms with Gasteiger partial charge in [-0.1, -0.05) is 39.0 Å². The van der Waals surface area contributed by atoms with Crippen LogP contribution < -0.4 is 10.1 Å². The van der Waals surface area contributed by atoms with Gasteiger partial charge in [-0.25, -0.2) is 4.98 Å². The van der Waals surface area contributed by atoms with Crippen LogP contribution in [0.1, 0.15) is 70.0 Å². The Hall–Kier alpha value is -1.16. The van der Waals surface area contributed by atoms with Crippen LogP contribution in [-0.4, -0.2) is 23.6 Å². The normalized spacial score (nSPS) is 17.6. The summed E-state index contributed by atoms with van der Waals surface area (Å²) >= 11 is 0. The second-order valence-corrected chi connectivity index (χ2v) is 6.04. The SMILES string of the molecule is CCCNC(CCC1CCCCC1)c1nccnc1OC. The Morgan fingerprint density at radius 3 is 2.71 bits per heavy atom. The Morgan fingerprint density at radius 1 is 1.24 bits per heavy atom. The first-order chi connectivity index (χ1) is 10.3. The summed E-state index contributed by atoms with van der Waals surface area (Å²) < 4.78 is 5.38. The number of methoxy groups -OCH3 is 1. The van der Waals surface area contributed by atoms with Crippen molar-refractivity contribution in [2.75, 3.05) is 13.7 Å². The lowest BCUT2D eigenvalue weighted by Gasteiger charge is -2.25. The molecule has 0 amide bonds. The van der Waals surface area contributed by atoms with Crippen LogP contribution in [0.5, 0.6) is 5.88 Å². The number of rotatable bonds is 8. The molecule has 0 aromatic carbocycles. The molecule has 0 aliphatic heterocycles. The summed E-state index contributed by atoms with van der Waals surface area (Å²) in [4.78, 5) is 8.81. The highest BCUT2D eigenvalue weighted by Gasteiger charge is 2.21. The van der Waals surface area contributed by atoms with Crippen molar-refractivity contribution in [1.29, 1.82) is 0 Å². The van der Waals surface area contributed by atoms with Gasteiger partial charge in [-0.3, -0.25) is 4.98 Å². The number of ether oxygens (including phenoxy) is 1. The molecule has 1 aliphatic rings. The summed E-state index contributed by atoms with van der Waals surface area (Å²) in [6, 6.07) is 0.260. The van der Waals surface area contributed by atoms with Gasteiger partial charge in [-0.15, -0.1) is 0 Å². The molecular formula is C17H29N3O. The van der Waals surface area contributed by atoms with Gasteiger partial charge in [0.1, 0.15) is 5.69 Å². The molecule has 1 unspecified atom stereocenters. The number of hydrogen-bond acceptors (Lipinski definition) is 4. The molecule has 1 heterocycles. The van der Waals surface area contributed by atoms with Crippen LogP contribution in [0.2, 0.25) is 0 Å². The maximum atomic E-state index is 5.38. The van der Waals surface area contributed by atoms with E-state index in [4.69, 9.17) is 4.74 Å². The lowest BCUT2D eigenvalue weighted by molar-refractivity contribution is 0.307. The largest absolute Gasteiger partial charge is 0.480 e. The van der Waals surface area contributed by atoms with E-state index in [1.54, 1.807) is 19.5 Å². The lowest BCUT2D eigenvalue weighted by Crippen LogP contribution is -2.25. The zero-order chi connectivity index (χ0) is 14.9. The average molecular weight is 291 g/mol. The van der Waals surface area contributed by atoms with Crippen LogP contribution in [0.25, 0.3) is 0 Å². The van der Waals surface area contributed by atoms with Gasteiger partial charge in [0.05, 0.1) is 13.2 Å². The van der Waals surface area contributed by atoms with Crippen molar-refractivity contribution in [1.82, 2.24) is 15.3 Å². The molecule has 1 fully saturated rings. The van der Waals surface area contributed by atoms with Crippen LogP contribution in [0.4, 0.5) is 0 Å². The fraction of sp³-hybridized carbons (Fsp3) is 0.765. The predicted molar refractivity (Wildman–Crippen MR) is 85.4 cm³/mol. The maximum absolute atomic E-state index is 5.38. The minimum Gasteiger partial charge on any atom is -0.480 e. The molecule has 0 radical (unpaired) electrons. The van der Waals surface area contributed by atoms with E-state index < -0.39 is 0 Å². The van der Waals surface area contributed by atoms with Crippen molar-refractivity contribution < 1.29 is 4.74 Å². The quantitative estimate of drug-likeness (QED) is 0.789. The van der Waals surface area contributed by atoms with Gasteiger partial charge in [0.15, 0.2) is 0 Å². The Morgan fingerprint density at radius 2 is 2.00 bits per heavy atom. The van der Waals surface area contributed by atoms with Gasteiger partial charge in [-0.2, -0.15) is 0 Å². The van der Waals surface area contributed by atoms with Gasteiger partial charge in [0.25, 0.3) is 0 Å². The molecule has 4 nitrogen and oxygen atoms in total. The number of hydrogen-bond donors (Lipinski definition) is 1. The van der Waals surface area contributed by atoms with Gasteiger partial charge in [0.2, 0.25) is 5.88 Å². The van der Waals surface area contributed by atoms with E-state index >= 15 is 0 Å². The van der Waals surface area contributed by atoms with E-state index in [1.165, 1.54) is 38.5 Å². The standard InChI is InChI=1S/C17H29N3O/c1-3-11-18-15(10-9-14-7-5-4-6-8-14)16-17(21-2)20-13-12-19-16/h12-15,18H,3-11H2,1-2H3. The minimum absolute atomic E-state index is 0.260. The Balaban J connectivity index is 1.99. The highest BCUT2D eigenvalue weighted by molar-refractivity contribution is 5.21. The van der Waals surface area contributed by atoms with Gasteiger partial charge in [-0.05, 0) is 31.7 Å². The Labute approximate surface area is 128 Å². The molecule has 1 atom stereocenters. The van der Waals surface area contributed by atoms with Crippen LogP contribution in [0, 0.1) is 5.92 Å². The molecular weight excluding hydrogens is 262 g/mol. The molecule has 118 valence electrons. The fourth-order valence-corrected chi connectivity index (χ4v) is 3.26. The first-order valence-electron chi connectivity index (χ1n) is 8.43. The molecule has 1 N–H and O–H groups in total. The second-order valence-electron chi connectivity index (χ2n) is 6.04. The van der Waals surface area contributed by atoms with Crippen LogP contribution in [0.15, 0.2) is 12.4 Å². The van der Waals surface area contributed by atoms with E-state index in [1.807, 2.05) is 0 Å². The third kappa shape index (κ3) is 4.95. The van der Waals surface area contributed by atoms with Crippen LogP contribution in [-0.2, 0) is 0 Å². The molecule has 4 heteroatoms. The molecule has 1 aromatic heterocycles. The predicted octanol–water partition coefficient (Wildman–Crippen LogP) is 3.89. The van der Waals surface area contributed by atoms with E-state index in [-0.39, 0.29) is 6.04 Å². The summed E-state index contributed by atoms with van der Waals surface area (Å²) in [7, 11) is 1.67. The minimum atomic E-state index is 0.260. The first kappa shape index (κ1) is 16.2. The van der Waals surface area contributed by atoms with Crippen molar-refractivity contribution in [2.45, 2.75) is 64.3 Å². The molecule has 0 saturated heterocycles. The van der Waals surface area contributed by atoms with E-state index in [9.17, 15) is 0 Å². The molecule has 2 rings (SSSR count). The third-order valence-corrected chi connectivity index (χ3v) is 4.44. The Bertz CT molecular complexity index is 405. The zero-order valence-electron chi connectivity index (χ0n) is 13.5. The summed E-state index contributed by atoms with van der Waals surface area (Å²) in [5.41, 5.74) is 0.962. The Kier molecular flexibility index (Phi) is 6.93. The zero-order valence-corrected chi connectivity index (χ0v) is 13.5. The molecule has 21 heavy (non-hydrogen) atoms. The van der Waals surface area contributed by atoms with E-state index in [0.717, 1.165) is 31.0 Å². The molecule has 0 spiro atoms. The van der Waals surface area contributed by atoms with Crippen LogP contribution >= 0.6 is 0 Å².